The highest BCUT2D eigenvalue weighted by atomic mass is 35.5. The van der Waals surface area contributed by atoms with E-state index in [0.29, 0.717) is 22.4 Å². The number of carboxylic acids is 1. The standard InChI is InChI=1S/C13H11ClO4S/c1-17-10-4-2-8(13(15)16)6-11(10)18-7-9-3-5-12(14)19-9/h2-6H,7H2,1H3,(H,15,16). The fourth-order valence-corrected chi connectivity index (χ4v) is 2.50. The van der Waals surface area contributed by atoms with E-state index >= 15 is 0 Å². The third-order valence-corrected chi connectivity index (χ3v) is 3.61. The van der Waals surface area contributed by atoms with Gasteiger partial charge in [0.05, 0.1) is 17.0 Å². The molecule has 1 aromatic carbocycles. The van der Waals surface area contributed by atoms with Crippen molar-refractivity contribution in [2.75, 3.05) is 7.11 Å². The molecule has 0 aliphatic heterocycles. The monoisotopic (exact) mass is 298 g/mol. The van der Waals surface area contributed by atoms with Crippen LogP contribution >= 0.6 is 22.9 Å². The van der Waals surface area contributed by atoms with E-state index in [1.807, 2.05) is 6.07 Å². The van der Waals surface area contributed by atoms with E-state index in [1.54, 1.807) is 12.1 Å². The summed E-state index contributed by atoms with van der Waals surface area (Å²) in [5, 5.41) is 8.95. The van der Waals surface area contributed by atoms with E-state index in [1.165, 1.54) is 30.6 Å². The second-order valence-electron chi connectivity index (χ2n) is 3.67. The number of halogens is 1. The lowest BCUT2D eigenvalue weighted by Gasteiger charge is -2.10. The largest absolute Gasteiger partial charge is 0.493 e. The van der Waals surface area contributed by atoms with Gasteiger partial charge >= 0.3 is 5.97 Å². The molecule has 0 radical (unpaired) electrons. The minimum Gasteiger partial charge on any atom is -0.493 e. The molecule has 1 N–H and O–H groups in total. The molecule has 0 spiro atoms. The molecule has 1 heterocycles. The van der Waals surface area contributed by atoms with Crippen LogP contribution in [0.25, 0.3) is 0 Å². The molecule has 100 valence electrons. The number of aromatic carboxylic acids is 1. The summed E-state index contributed by atoms with van der Waals surface area (Å²) in [7, 11) is 1.50. The molecule has 4 nitrogen and oxygen atoms in total. The second-order valence-corrected chi connectivity index (χ2v) is 5.46. The SMILES string of the molecule is COc1ccc(C(=O)O)cc1OCc1ccc(Cl)s1. The van der Waals surface area contributed by atoms with Crippen molar-refractivity contribution < 1.29 is 19.4 Å². The number of ether oxygens (including phenoxy) is 2. The Bertz CT molecular complexity index is 594. The van der Waals surface area contributed by atoms with Gasteiger partial charge in [-0.15, -0.1) is 11.3 Å². The zero-order chi connectivity index (χ0) is 13.8. The first-order valence-corrected chi connectivity index (χ1v) is 6.58. The van der Waals surface area contributed by atoms with Gasteiger partial charge in [-0.3, -0.25) is 0 Å². The van der Waals surface area contributed by atoms with Crippen LogP contribution in [0.4, 0.5) is 0 Å². The lowest BCUT2D eigenvalue weighted by atomic mass is 10.2. The average molecular weight is 299 g/mol. The Hall–Kier alpha value is -1.72. The molecule has 0 aliphatic rings. The van der Waals surface area contributed by atoms with Crippen molar-refractivity contribution in [1.82, 2.24) is 0 Å². The Kier molecular flexibility index (Phi) is 4.29. The van der Waals surface area contributed by atoms with Crippen LogP contribution in [0.3, 0.4) is 0 Å². The lowest BCUT2D eigenvalue weighted by Crippen LogP contribution is -2.00. The summed E-state index contributed by atoms with van der Waals surface area (Å²) >= 11 is 7.24. The Morgan fingerprint density at radius 3 is 2.68 bits per heavy atom. The number of rotatable bonds is 5. The van der Waals surface area contributed by atoms with Crippen LogP contribution in [0, 0.1) is 0 Å². The number of methoxy groups -OCH3 is 1. The van der Waals surface area contributed by atoms with Crippen LogP contribution in [-0.4, -0.2) is 18.2 Å². The minimum absolute atomic E-state index is 0.153. The van der Waals surface area contributed by atoms with E-state index in [2.05, 4.69) is 0 Å². The number of benzene rings is 1. The van der Waals surface area contributed by atoms with Crippen LogP contribution in [0.15, 0.2) is 30.3 Å². The number of hydrogen-bond acceptors (Lipinski definition) is 4. The summed E-state index contributed by atoms with van der Waals surface area (Å²) < 4.78 is 11.4. The van der Waals surface area contributed by atoms with Crippen LogP contribution in [0.1, 0.15) is 15.2 Å². The maximum Gasteiger partial charge on any atom is 0.335 e. The highest BCUT2D eigenvalue weighted by molar-refractivity contribution is 7.16. The van der Waals surface area contributed by atoms with Gasteiger partial charge in [-0.2, -0.15) is 0 Å². The van der Waals surface area contributed by atoms with Crippen molar-refractivity contribution in [3.8, 4) is 11.5 Å². The second kappa shape index (κ2) is 5.95. The van der Waals surface area contributed by atoms with Crippen LogP contribution in [0.2, 0.25) is 4.34 Å². The molecule has 0 amide bonds. The predicted octanol–water partition coefficient (Wildman–Crippen LogP) is 3.69. The molecule has 0 unspecified atom stereocenters. The lowest BCUT2D eigenvalue weighted by molar-refractivity contribution is 0.0696. The topological polar surface area (TPSA) is 55.8 Å². The molecule has 1 aromatic heterocycles. The van der Waals surface area contributed by atoms with Crippen molar-refractivity contribution in [2.45, 2.75) is 6.61 Å². The first-order valence-electron chi connectivity index (χ1n) is 5.38. The van der Waals surface area contributed by atoms with Crippen LogP contribution in [0.5, 0.6) is 11.5 Å². The molecule has 2 aromatic rings. The van der Waals surface area contributed by atoms with Crippen molar-refractivity contribution in [2.24, 2.45) is 0 Å². The fourth-order valence-electron chi connectivity index (χ4n) is 1.50. The number of carboxylic acid groups (broad SMARTS) is 1. The average Bonchev–Trinajstić information content (AvgIpc) is 2.81. The molecule has 0 bridgehead atoms. The van der Waals surface area contributed by atoms with E-state index < -0.39 is 5.97 Å². The highest BCUT2D eigenvalue weighted by Crippen LogP contribution is 2.30. The molecular weight excluding hydrogens is 288 g/mol. The molecule has 0 fully saturated rings. The van der Waals surface area contributed by atoms with E-state index in [9.17, 15) is 4.79 Å². The van der Waals surface area contributed by atoms with Crippen LogP contribution < -0.4 is 9.47 Å². The summed E-state index contributed by atoms with van der Waals surface area (Å²) in [6, 6.07) is 8.13. The summed E-state index contributed by atoms with van der Waals surface area (Å²) in [6.45, 7) is 0.316. The van der Waals surface area contributed by atoms with Crippen molar-refractivity contribution in [3.63, 3.8) is 0 Å². The summed E-state index contributed by atoms with van der Waals surface area (Å²) in [4.78, 5) is 11.9. The van der Waals surface area contributed by atoms with Crippen LogP contribution in [-0.2, 0) is 6.61 Å². The zero-order valence-corrected chi connectivity index (χ0v) is 11.6. The Balaban J connectivity index is 2.17. The first kappa shape index (κ1) is 13.7. The van der Waals surface area contributed by atoms with Crippen molar-refractivity contribution >= 4 is 28.9 Å². The van der Waals surface area contributed by atoms with Gasteiger partial charge < -0.3 is 14.6 Å². The third kappa shape index (κ3) is 3.39. The normalized spacial score (nSPS) is 10.2. The number of carbonyl (C=O) groups is 1. The predicted molar refractivity (Wildman–Crippen MR) is 73.6 cm³/mol. The molecule has 19 heavy (non-hydrogen) atoms. The van der Waals surface area contributed by atoms with Gasteiger partial charge in [-0.25, -0.2) is 4.79 Å². The Labute approximate surface area is 119 Å². The first-order chi connectivity index (χ1) is 9.10. The Morgan fingerprint density at radius 1 is 1.32 bits per heavy atom. The fraction of sp³-hybridized carbons (Fsp3) is 0.154. The Morgan fingerprint density at radius 2 is 2.11 bits per heavy atom. The maximum absolute atomic E-state index is 10.9. The smallest absolute Gasteiger partial charge is 0.335 e. The van der Waals surface area contributed by atoms with Gasteiger partial charge in [0, 0.05) is 4.88 Å². The molecule has 6 heteroatoms. The van der Waals surface area contributed by atoms with Gasteiger partial charge in [0.25, 0.3) is 0 Å². The zero-order valence-electron chi connectivity index (χ0n) is 10.1. The maximum atomic E-state index is 10.9. The summed E-state index contributed by atoms with van der Waals surface area (Å²) in [6.07, 6.45) is 0. The minimum atomic E-state index is -1.01. The number of thiophene rings is 1. The van der Waals surface area contributed by atoms with Gasteiger partial charge in [0.1, 0.15) is 6.61 Å². The molecule has 0 atom stereocenters. The van der Waals surface area contributed by atoms with E-state index in [0.717, 1.165) is 4.88 Å². The summed E-state index contributed by atoms with van der Waals surface area (Å²) in [5.74, 6) is -0.119. The molecular formula is C13H11ClO4S. The van der Waals surface area contributed by atoms with E-state index in [-0.39, 0.29) is 5.56 Å². The third-order valence-electron chi connectivity index (χ3n) is 2.41. The van der Waals surface area contributed by atoms with Gasteiger partial charge in [0.2, 0.25) is 0 Å². The van der Waals surface area contributed by atoms with Gasteiger partial charge in [-0.05, 0) is 30.3 Å². The molecule has 0 saturated carbocycles. The molecule has 2 rings (SSSR count). The number of hydrogen-bond donors (Lipinski definition) is 1. The molecule has 0 saturated heterocycles. The van der Waals surface area contributed by atoms with Gasteiger partial charge in [0.15, 0.2) is 11.5 Å². The molecule has 0 aliphatic carbocycles. The van der Waals surface area contributed by atoms with Gasteiger partial charge in [-0.1, -0.05) is 11.6 Å². The quantitative estimate of drug-likeness (QED) is 0.914. The summed E-state index contributed by atoms with van der Waals surface area (Å²) in [5.41, 5.74) is 0.153. The van der Waals surface area contributed by atoms with Crippen molar-refractivity contribution in [1.29, 1.82) is 0 Å². The van der Waals surface area contributed by atoms with Crippen molar-refractivity contribution in [3.05, 3.63) is 45.1 Å². The van der Waals surface area contributed by atoms with E-state index in [4.69, 9.17) is 26.2 Å². The highest BCUT2D eigenvalue weighted by Gasteiger charge is 2.10.